The van der Waals surface area contributed by atoms with E-state index in [2.05, 4.69) is 27.5 Å². The normalized spacial score (nSPS) is 17.4. The molecule has 3 rings (SSSR count). The molecule has 1 fully saturated rings. The van der Waals surface area contributed by atoms with Crippen LogP contribution in [0.5, 0.6) is 0 Å². The second-order valence-electron chi connectivity index (χ2n) is 6.11. The SMILES string of the molecule is CCNC(=NCc1cn2ccsc2n1)NCCCOCC1CCOC1.I. The standard InChI is InChI=1S/C17H27N5O2S.HI/c1-2-18-16(19-5-3-7-23-12-14-4-8-24-13-14)20-10-15-11-22-6-9-25-17(22)21-15;/h6,9,11,14H,2-5,7-8,10,12-13H2,1H3,(H2,18,19,20);1H. The van der Waals surface area contributed by atoms with Crippen molar-refractivity contribution in [1.29, 1.82) is 0 Å². The largest absolute Gasteiger partial charge is 0.381 e. The van der Waals surface area contributed by atoms with Crippen molar-refractivity contribution < 1.29 is 9.47 Å². The number of hydrogen-bond donors (Lipinski definition) is 2. The van der Waals surface area contributed by atoms with Gasteiger partial charge in [0.1, 0.15) is 0 Å². The van der Waals surface area contributed by atoms with Crippen molar-refractivity contribution in [3.63, 3.8) is 0 Å². The highest BCUT2D eigenvalue weighted by Gasteiger charge is 2.15. The van der Waals surface area contributed by atoms with Crippen molar-refractivity contribution >= 4 is 46.2 Å². The topological polar surface area (TPSA) is 72.2 Å². The van der Waals surface area contributed by atoms with Crippen LogP contribution in [0, 0.1) is 5.92 Å². The molecule has 1 aliphatic heterocycles. The molecule has 1 unspecified atom stereocenters. The Kier molecular flexibility index (Phi) is 9.65. The molecule has 0 amide bonds. The van der Waals surface area contributed by atoms with Gasteiger partial charge in [0.2, 0.25) is 0 Å². The van der Waals surface area contributed by atoms with E-state index in [0.29, 0.717) is 12.5 Å². The second-order valence-corrected chi connectivity index (χ2v) is 6.98. The van der Waals surface area contributed by atoms with Gasteiger partial charge in [0.15, 0.2) is 10.9 Å². The minimum absolute atomic E-state index is 0. The van der Waals surface area contributed by atoms with Crippen molar-refractivity contribution in [2.75, 3.05) is 39.5 Å². The van der Waals surface area contributed by atoms with Crippen molar-refractivity contribution in [1.82, 2.24) is 20.0 Å². The molecule has 0 saturated carbocycles. The minimum atomic E-state index is 0. The number of rotatable bonds is 9. The van der Waals surface area contributed by atoms with Gasteiger partial charge in [0, 0.05) is 50.0 Å². The number of nitrogens with zero attached hydrogens (tertiary/aromatic N) is 3. The van der Waals surface area contributed by atoms with E-state index in [1.807, 2.05) is 22.2 Å². The number of halogens is 1. The van der Waals surface area contributed by atoms with Crippen LogP contribution in [0.25, 0.3) is 4.96 Å². The summed E-state index contributed by atoms with van der Waals surface area (Å²) in [7, 11) is 0. The molecule has 1 atom stereocenters. The number of fused-ring (bicyclic) bond motifs is 1. The molecule has 2 aromatic heterocycles. The van der Waals surface area contributed by atoms with Crippen molar-refractivity contribution in [3.05, 3.63) is 23.5 Å². The van der Waals surface area contributed by atoms with Crippen LogP contribution in [0.2, 0.25) is 0 Å². The summed E-state index contributed by atoms with van der Waals surface area (Å²) in [4.78, 5) is 10.2. The summed E-state index contributed by atoms with van der Waals surface area (Å²) >= 11 is 1.63. The van der Waals surface area contributed by atoms with Crippen molar-refractivity contribution in [2.24, 2.45) is 10.9 Å². The number of imidazole rings is 1. The molecular formula is C17H28IN5O2S. The van der Waals surface area contributed by atoms with Gasteiger partial charge in [-0.25, -0.2) is 9.98 Å². The van der Waals surface area contributed by atoms with Crippen molar-refractivity contribution in [3.8, 4) is 0 Å². The van der Waals surface area contributed by atoms with Crippen LogP contribution in [0.4, 0.5) is 0 Å². The van der Waals surface area contributed by atoms with Crippen molar-refractivity contribution in [2.45, 2.75) is 26.3 Å². The highest BCUT2D eigenvalue weighted by Crippen LogP contribution is 2.12. The molecule has 1 aliphatic rings. The van der Waals surface area contributed by atoms with Crippen LogP contribution >= 0.6 is 35.3 Å². The maximum absolute atomic E-state index is 5.72. The highest BCUT2D eigenvalue weighted by atomic mass is 127. The summed E-state index contributed by atoms with van der Waals surface area (Å²) in [5.41, 5.74) is 0.978. The van der Waals surface area contributed by atoms with Gasteiger partial charge >= 0.3 is 0 Å². The Morgan fingerprint density at radius 1 is 1.50 bits per heavy atom. The summed E-state index contributed by atoms with van der Waals surface area (Å²) in [5.74, 6) is 1.40. The van der Waals surface area contributed by atoms with E-state index < -0.39 is 0 Å². The molecule has 2 N–H and O–H groups in total. The quantitative estimate of drug-likeness (QED) is 0.243. The fraction of sp³-hybridized carbons (Fsp3) is 0.647. The number of ether oxygens (including phenoxy) is 2. The average molecular weight is 493 g/mol. The highest BCUT2D eigenvalue weighted by molar-refractivity contribution is 14.0. The smallest absolute Gasteiger partial charge is 0.193 e. The lowest BCUT2D eigenvalue weighted by molar-refractivity contribution is 0.0888. The Morgan fingerprint density at radius 2 is 2.42 bits per heavy atom. The fourth-order valence-electron chi connectivity index (χ4n) is 2.70. The van der Waals surface area contributed by atoms with Gasteiger partial charge in [-0.15, -0.1) is 35.3 Å². The number of guanidine groups is 1. The number of nitrogens with one attached hydrogen (secondary N) is 2. The first-order valence-corrected chi connectivity index (χ1v) is 9.82. The maximum atomic E-state index is 5.72. The van der Waals surface area contributed by atoms with Gasteiger partial charge in [-0.1, -0.05) is 0 Å². The zero-order valence-electron chi connectivity index (χ0n) is 15.1. The first kappa shape index (κ1) is 21.4. The van der Waals surface area contributed by atoms with Crippen LogP contribution in [0.1, 0.15) is 25.5 Å². The van der Waals surface area contributed by atoms with Gasteiger partial charge < -0.3 is 20.1 Å². The number of aromatic nitrogens is 2. The first-order chi connectivity index (χ1) is 12.3. The van der Waals surface area contributed by atoms with E-state index in [9.17, 15) is 0 Å². The van der Waals surface area contributed by atoms with Crippen LogP contribution in [-0.4, -0.2) is 54.9 Å². The van der Waals surface area contributed by atoms with Gasteiger partial charge in [0.25, 0.3) is 0 Å². The Morgan fingerprint density at radius 3 is 3.19 bits per heavy atom. The molecular weight excluding hydrogens is 465 g/mol. The third-order valence-electron chi connectivity index (χ3n) is 4.02. The van der Waals surface area contributed by atoms with E-state index >= 15 is 0 Å². The van der Waals surface area contributed by atoms with Crippen LogP contribution in [0.3, 0.4) is 0 Å². The molecule has 0 bridgehead atoms. The third kappa shape index (κ3) is 6.67. The van der Waals surface area contributed by atoms with Crippen LogP contribution < -0.4 is 10.6 Å². The van der Waals surface area contributed by atoms with Gasteiger partial charge in [-0.2, -0.15) is 0 Å². The lowest BCUT2D eigenvalue weighted by atomic mass is 10.1. The molecule has 146 valence electrons. The molecule has 9 heteroatoms. The lowest BCUT2D eigenvalue weighted by Crippen LogP contribution is -2.38. The molecule has 3 heterocycles. The molecule has 0 aliphatic carbocycles. The summed E-state index contributed by atoms with van der Waals surface area (Å²) < 4.78 is 13.1. The molecule has 0 aromatic carbocycles. The number of aliphatic imine (C=N–C) groups is 1. The lowest BCUT2D eigenvalue weighted by Gasteiger charge is -2.12. The number of hydrogen-bond acceptors (Lipinski definition) is 5. The van der Waals surface area contributed by atoms with E-state index in [1.165, 1.54) is 0 Å². The van der Waals surface area contributed by atoms with Crippen LogP contribution in [0.15, 0.2) is 22.8 Å². The van der Waals surface area contributed by atoms with Crippen LogP contribution in [-0.2, 0) is 16.0 Å². The molecule has 0 radical (unpaired) electrons. The van der Waals surface area contributed by atoms with E-state index in [4.69, 9.17) is 9.47 Å². The van der Waals surface area contributed by atoms with Gasteiger partial charge in [-0.3, -0.25) is 4.40 Å². The first-order valence-electron chi connectivity index (χ1n) is 8.94. The van der Waals surface area contributed by atoms with Gasteiger partial charge in [0.05, 0.1) is 25.5 Å². The van der Waals surface area contributed by atoms with Gasteiger partial charge in [-0.05, 0) is 19.8 Å². The number of thiazole rings is 1. The Hall–Kier alpha value is -0.910. The molecule has 1 saturated heterocycles. The van der Waals surface area contributed by atoms with E-state index in [1.54, 1.807) is 11.3 Å². The summed E-state index contributed by atoms with van der Waals surface area (Å²) in [6, 6.07) is 0. The summed E-state index contributed by atoms with van der Waals surface area (Å²) in [6.45, 7) is 7.62. The minimum Gasteiger partial charge on any atom is -0.381 e. The Labute approximate surface area is 175 Å². The molecule has 26 heavy (non-hydrogen) atoms. The molecule has 2 aromatic rings. The van der Waals surface area contributed by atoms with E-state index in [-0.39, 0.29) is 24.0 Å². The zero-order valence-corrected chi connectivity index (χ0v) is 18.3. The average Bonchev–Trinajstić information content (AvgIpc) is 3.32. The predicted octanol–water partition coefficient (Wildman–Crippen LogP) is 2.51. The summed E-state index contributed by atoms with van der Waals surface area (Å²) in [5, 5.41) is 8.65. The zero-order chi connectivity index (χ0) is 17.3. The van der Waals surface area contributed by atoms with E-state index in [0.717, 1.165) is 69.0 Å². The Balaban J connectivity index is 0.00000243. The molecule has 0 spiro atoms. The Bertz CT molecular complexity index is 640. The predicted molar refractivity (Wildman–Crippen MR) is 116 cm³/mol. The third-order valence-corrected chi connectivity index (χ3v) is 4.79. The molecule has 7 nitrogen and oxygen atoms in total. The second kappa shape index (κ2) is 11.7. The monoisotopic (exact) mass is 493 g/mol. The summed E-state index contributed by atoms with van der Waals surface area (Å²) in [6.07, 6.45) is 6.13. The maximum Gasteiger partial charge on any atom is 0.193 e. The fourth-order valence-corrected chi connectivity index (χ4v) is 3.42.